The molecule has 0 heterocycles. The lowest BCUT2D eigenvalue weighted by Gasteiger charge is -2.19. The van der Waals surface area contributed by atoms with Crippen LogP contribution in [0.15, 0.2) is 54.6 Å². The van der Waals surface area contributed by atoms with Gasteiger partial charge in [-0.3, -0.25) is 20.4 Å². The molecule has 55 heavy (non-hydrogen) atoms. The van der Waals surface area contributed by atoms with Crippen LogP contribution >= 0.6 is 0 Å². The van der Waals surface area contributed by atoms with E-state index in [1.807, 2.05) is 30.3 Å². The van der Waals surface area contributed by atoms with Crippen molar-refractivity contribution in [2.75, 3.05) is 140 Å². The number of methoxy groups -OCH3 is 3. The first-order valence-electron chi connectivity index (χ1n) is 18.2. The highest BCUT2D eigenvalue weighted by Gasteiger charge is 2.20. The first-order chi connectivity index (χ1) is 27.1. The van der Waals surface area contributed by atoms with Crippen molar-refractivity contribution in [3.05, 3.63) is 65.7 Å². The van der Waals surface area contributed by atoms with Crippen molar-refractivity contribution < 1.29 is 66.4 Å². The average Bonchev–Trinajstić information content (AvgIpc) is 3.21. The van der Waals surface area contributed by atoms with E-state index in [-0.39, 0.29) is 62.5 Å². The number of nitrogens with one attached hydrogen (secondary N) is 2. The number of hydrazine groups is 1. The first-order valence-corrected chi connectivity index (χ1v) is 18.2. The predicted molar refractivity (Wildman–Crippen MR) is 202 cm³/mol. The minimum atomic E-state index is -0.611. The third kappa shape index (κ3) is 18.4. The highest BCUT2D eigenvalue weighted by Crippen LogP contribution is 2.39. The lowest BCUT2D eigenvalue weighted by atomic mass is 10.0. The SMILES string of the molecule is COCCOCCOCCOc1cc(C(=O)NNC(=O)c2cccc3ccccc23)cc(OCCOCCOCCOC)c1OCCOCCOCCOC. The summed E-state index contributed by atoms with van der Waals surface area (Å²) in [7, 11) is 4.83. The lowest BCUT2D eigenvalue weighted by Crippen LogP contribution is -2.41. The van der Waals surface area contributed by atoms with Crippen LogP contribution in [0.3, 0.4) is 0 Å². The van der Waals surface area contributed by atoms with Crippen molar-refractivity contribution in [2.24, 2.45) is 0 Å². The minimum Gasteiger partial charge on any atom is -0.487 e. The Morgan fingerprint density at radius 3 is 1.35 bits per heavy atom. The van der Waals surface area contributed by atoms with E-state index in [9.17, 15) is 9.59 Å². The largest absolute Gasteiger partial charge is 0.487 e. The van der Waals surface area contributed by atoms with Crippen molar-refractivity contribution >= 4 is 22.6 Å². The topological polar surface area (TPSA) is 169 Å². The van der Waals surface area contributed by atoms with Gasteiger partial charge >= 0.3 is 0 Å². The Morgan fingerprint density at radius 1 is 0.455 bits per heavy atom. The number of amides is 2. The summed E-state index contributed by atoms with van der Waals surface area (Å²) in [6, 6.07) is 15.9. The number of benzene rings is 3. The molecule has 306 valence electrons. The van der Waals surface area contributed by atoms with Gasteiger partial charge in [-0.2, -0.15) is 0 Å². The fourth-order valence-corrected chi connectivity index (χ4v) is 4.76. The van der Waals surface area contributed by atoms with Gasteiger partial charge in [0.15, 0.2) is 11.5 Å². The van der Waals surface area contributed by atoms with E-state index in [2.05, 4.69) is 10.9 Å². The molecule has 0 fully saturated rings. The molecule has 2 amide bonds. The van der Waals surface area contributed by atoms with E-state index in [4.69, 9.17) is 56.8 Å². The van der Waals surface area contributed by atoms with Gasteiger partial charge in [-0.15, -0.1) is 0 Å². The van der Waals surface area contributed by atoms with E-state index < -0.39 is 11.8 Å². The molecule has 3 aromatic carbocycles. The van der Waals surface area contributed by atoms with E-state index in [0.717, 1.165) is 10.8 Å². The molecule has 16 nitrogen and oxygen atoms in total. The molecule has 0 aliphatic heterocycles. The molecule has 0 radical (unpaired) electrons. The Hall–Kier alpha value is -4.10. The third-order valence-corrected chi connectivity index (χ3v) is 7.46. The standard InChI is InChI=1S/C39H56N2O14/c1-44-11-14-47-17-20-50-23-26-53-35-29-32(38(42)40-41-39(43)34-10-6-8-31-7-4-5-9-33(31)34)30-36(54-27-24-51-21-18-48-15-12-45-2)37(35)55-28-25-52-22-19-49-16-13-46-3/h4-10,29-30H,11-28H2,1-3H3,(H,40,42)(H,41,43). The van der Waals surface area contributed by atoms with Crippen molar-refractivity contribution in [2.45, 2.75) is 0 Å². The second kappa shape index (κ2) is 29.2. The molecule has 0 atom stereocenters. The minimum absolute atomic E-state index is 0.123. The molecule has 0 aliphatic carbocycles. The number of carbonyl (C=O) groups excluding carboxylic acids is 2. The van der Waals surface area contributed by atoms with Gasteiger partial charge in [-0.1, -0.05) is 36.4 Å². The first kappa shape index (κ1) is 45.3. The van der Waals surface area contributed by atoms with Crippen LogP contribution in [-0.4, -0.2) is 152 Å². The van der Waals surface area contributed by atoms with Crippen LogP contribution in [0.5, 0.6) is 17.2 Å². The molecule has 0 bridgehead atoms. The van der Waals surface area contributed by atoms with E-state index in [1.54, 1.807) is 33.5 Å². The van der Waals surface area contributed by atoms with Crippen LogP contribution in [0.4, 0.5) is 0 Å². The normalized spacial score (nSPS) is 11.1. The molecule has 16 heteroatoms. The molecule has 3 aromatic rings. The Balaban J connectivity index is 1.72. The van der Waals surface area contributed by atoms with Gasteiger partial charge in [0.05, 0.1) is 99.1 Å². The van der Waals surface area contributed by atoms with Crippen LogP contribution in [0.2, 0.25) is 0 Å². The van der Waals surface area contributed by atoms with Crippen LogP contribution in [0, 0.1) is 0 Å². The van der Waals surface area contributed by atoms with E-state index >= 15 is 0 Å². The smallest absolute Gasteiger partial charge is 0.270 e. The fraction of sp³-hybridized carbons (Fsp3) is 0.538. The van der Waals surface area contributed by atoms with Gasteiger partial charge < -0.3 is 56.8 Å². The Kier molecular flexibility index (Phi) is 24.1. The molecule has 0 saturated carbocycles. The summed E-state index contributed by atoms with van der Waals surface area (Å²) in [4.78, 5) is 26.7. The predicted octanol–water partition coefficient (Wildman–Crippen LogP) is 3.09. The molecular formula is C39H56N2O14. The number of rotatable bonds is 32. The van der Waals surface area contributed by atoms with E-state index in [0.29, 0.717) is 84.8 Å². The zero-order chi connectivity index (χ0) is 39.2. The molecule has 2 N–H and O–H groups in total. The molecular weight excluding hydrogens is 720 g/mol. The van der Waals surface area contributed by atoms with Crippen molar-refractivity contribution in [1.82, 2.24) is 10.9 Å². The molecule has 3 rings (SSSR count). The van der Waals surface area contributed by atoms with Crippen molar-refractivity contribution in [3.63, 3.8) is 0 Å². The molecule has 0 aliphatic rings. The summed E-state index contributed by atoms with van der Waals surface area (Å²) in [6.07, 6.45) is 0. The number of carbonyl (C=O) groups is 2. The van der Waals surface area contributed by atoms with Gasteiger partial charge in [0.1, 0.15) is 19.8 Å². The summed E-state index contributed by atoms with van der Waals surface area (Å²) in [5, 5.41) is 1.64. The summed E-state index contributed by atoms with van der Waals surface area (Å²) in [6.45, 7) is 6.26. The Morgan fingerprint density at radius 2 is 0.855 bits per heavy atom. The van der Waals surface area contributed by atoms with Gasteiger partial charge in [-0.05, 0) is 29.0 Å². The molecule has 0 aromatic heterocycles. The Bertz CT molecular complexity index is 1450. The zero-order valence-electron chi connectivity index (χ0n) is 32.1. The maximum Gasteiger partial charge on any atom is 0.270 e. The lowest BCUT2D eigenvalue weighted by molar-refractivity contribution is 0.0146. The zero-order valence-corrected chi connectivity index (χ0v) is 32.1. The van der Waals surface area contributed by atoms with Crippen LogP contribution in [0.25, 0.3) is 10.8 Å². The van der Waals surface area contributed by atoms with Gasteiger partial charge in [-0.25, -0.2) is 0 Å². The summed E-state index contributed by atoms with van der Waals surface area (Å²) in [5.41, 5.74) is 5.57. The Labute approximate surface area is 322 Å². The van der Waals surface area contributed by atoms with Gasteiger partial charge in [0, 0.05) is 32.5 Å². The van der Waals surface area contributed by atoms with Crippen LogP contribution in [0.1, 0.15) is 20.7 Å². The fourth-order valence-electron chi connectivity index (χ4n) is 4.76. The average molecular weight is 777 g/mol. The summed E-state index contributed by atoms with van der Waals surface area (Å²) in [5.74, 6) is -0.395. The summed E-state index contributed by atoms with van der Waals surface area (Å²) >= 11 is 0. The van der Waals surface area contributed by atoms with Gasteiger partial charge in [0.25, 0.3) is 11.8 Å². The maximum absolute atomic E-state index is 13.5. The molecule has 0 unspecified atom stereocenters. The second-order valence-corrected chi connectivity index (χ2v) is 11.4. The third-order valence-electron chi connectivity index (χ3n) is 7.46. The van der Waals surface area contributed by atoms with E-state index in [1.165, 1.54) is 12.1 Å². The van der Waals surface area contributed by atoms with Crippen LogP contribution < -0.4 is 25.1 Å². The number of hydrogen-bond donors (Lipinski definition) is 2. The second-order valence-electron chi connectivity index (χ2n) is 11.4. The monoisotopic (exact) mass is 776 g/mol. The number of hydrogen-bond acceptors (Lipinski definition) is 14. The number of ether oxygens (including phenoxy) is 12. The molecule has 0 saturated heterocycles. The molecule has 0 spiro atoms. The number of fused-ring (bicyclic) bond motifs is 1. The highest BCUT2D eigenvalue weighted by molar-refractivity contribution is 6.08. The van der Waals surface area contributed by atoms with Gasteiger partial charge in [0.2, 0.25) is 5.75 Å². The van der Waals surface area contributed by atoms with Crippen molar-refractivity contribution in [1.29, 1.82) is 0 Å². The highest BCUT2D eigenvalue weighted by atomic mass is 16.6. The maximum atomic E-state index is 13.5. The van der Waals surface area contributed by atoms with Crippen molar-refractivity contribution in [3.8, 4) is 17.2 Å². The van der Waals surface area contributed by atoms with Crippen LogP contribution in [-0.2, 0) is 42.6 Å². The quantitative estimate of drug-likeness (QED) is 0.0701. The summed E-state index contributed by atoms with van der Waals surface area (Å²) < 4.78 is 66.5.